The second-order valence-electron chi connectivity index (χ2n) is 8.38. The summed E-state index contributed by atoms with van der Waals surface area (Å²) in [5, 5.41) is 6.85. The average Bonchev–Trinajstić information content (AvgIpc) is 3.55. The topological polar surface area (TPSA) is 77.3 Å². The number of aliphatic imine (C=N–C) groups is 1. The Kier molecular flexibility index (Phi) is 9.01. The van der Waals surface area contributed by atoms with E-state index in [0.717, 1.165) is 76.7 Å². The van der Waals surface area contributed by atoms with Gasteiger partial charge in [0.25, 0.3) is 0 Å². The van der Waals surface area contributed by atoms with Crippen LogP contribution < -0.4 is 10.6 Å². The van der Waals surface area contributed by atoms with E-state index in [0.29, 0.717) is 19.3 Å². The highest BCUT2D eigenvalue weighted by Crippen LogP contribution is 2.14. The molecular weight excluding hydrogens is 406 g/mol. The van der Waals surface area contributed by atoms with Crippen LogP contribution in [0.15, 0.2) is 52.1 Å². The van der Waals surface area contributed by atoms with Gasteiger partial charge in [-0.05, 0) is 48.9 Å². The first-order valence-electron chi connectivity index (χ1n) is 11.8. The molecule has 1 aromatic carbocycles. The van der Waals surface area contributed by atoms with Crippen molar-refractivity contribution in [2.24, 2.45) is 4.99 Å². The molecule has 1 atom stereocenters. The van der Waals surface area contributed by atoms with Gasteiger partial charge in [-0.25, -0.2) is 4.99 Å². The minimum Gasteiger partial charge on any atom is -0.469 e. The SMILES string of the molecule is c1coc(CCNC(=NCc2ccc(COC3CCOCC3)cc2)NCC2CCCO2)c1. The summed E-state index contributed by atoms with van der Waals surface area (Å²) in [6.07, 6.45) is 7.32. The number of rotatable bonds is 10. The van der Waals surface area contributed by atoms with Gasteiger partial charge in [-0.15, -0.1) is 0 Å². The summed E-state index contributed by atoms with van der Waals surface area (Å²) in [5.74, 6) is 1.77. The van der Waals surface area contributed by atoms with E-state index in [1.165, 1.54) is 11.1 Å². The molecule has 2 fully saturated rings. The highest BCUT2D eigenvalue weighted by atomic mass is 16.5. The minimum absolute atomic E-state index is 0.266. The quantitative estimate of drug-likeness (QED) is 0.435. The van der Waals surface area contributed by atoms with Crippen molar-refractivity contribution in [1.82, 2.24) is 10.6 Å². The summed E-state index contributed by atoms with van der Waals surface area (Å²) in [6, 6.07) is 12.4. The van der Waals surface area contributed by atoms with Gasteiger partial charge in [0.2, 0.25) is 0 Å². The lowest BCUT2D eigenvalue weighted by atomic mass is 10.1. The van der Waals surface area contributed by atoms with Crippen LogP contribution in [0.3, 0.4) is 0 Å². The lowest BCUT2D eigenvalue weighted by Crippen LogP contribution is -2.41. The first kappa shape index (κ1) is 22.8. The van der Waals surface area contributed by atoms with Gasteiger partial charge in [0, 0.05) is 39.3 Å². The third kappa shape index (κ3) is 7.65. The van der Waals surface area contributed by atoms with Crippen molar-refractivity contribution in [3.63, 3.8) is 0 Å². The maximum atomic E-state index is 6.02. The van der Waals surface area contributed by atoms with Crippen LogP contribution in [0, 0.1) is 0 Å². The van der Waals surface area contributed by atoms with E-state index in [1.54, 1.807) is 6.26 Å². The fourth-order valence-electron chi connectivity index (χ4n) is 3.92. The lowest BCUT2D eigenvalue weighted by Gasteiger charge is -2.22. The second kappa shape index (κ2) is 12.6. The fraction of sp³-hybridized carbons (Fsp3) is 0.560. The first-order valence-corrected chi connectivity index (χ1v) is 11.8. The summed E-state index contributed by atoms with van der Waals surface area (Å²) in [6.45, 7) is 5.26. The smallest absolute Gasteiger partial charge is 0.191 e. The largest absolute Gasteiger partial charge is 0.469 e. The average molecular weight is 442 g/mol. The van der Waals surface area contributed by atoms with E-state index < -0.39 is 0 Å². The number of nitrogens with zero attached hydrogens (tertiary/aromatic N) is 1. The second-order valence-corrected chi connectivity index (χ2v) is 8.38. The van der Waals surface area contributed by atoms with Crippen LogP contribution >= 0.6 is 0 Å². The highest BCUT2D eigenvalue weighted by Gasteiger charge is 2.16. The van der Waals surface area contributed by atoms with Gasteiger partial charge < -0.3 is 29.3 Å². The molecule has 174 valence electrons. The van der Waals surface area contributed by atoms with Crippen LogP contribution in [0.1, 0.15) is 42.6 Å². The molecule has 0 amide bonds. The molecule has 2 saturated heterocycles. The van der Waals surface area contributed by atoms with Crippen molar-refractivity contribution in [2.45, 2.75) is 57.5 Å². The molecule has 7 heteroatoms. The van der Waals surface area contributed by atoms with Gasteiger partial charge in [0.15, 0.2) is 5.96 Å². The first-order chi connectivity index (χ1) is 15.8. The molecule has 1 unspecified atom stereocenters. The van der Waals surface area contributed by atoms with Gasteiger partial charge in [-0.2, -0.15) is 0 Å². The van der Waals surface area contributed by atoms with Crippen LogP contribution in [0.25, 0.3) is 0 Å². The van der Waals surface area contributed by atoms with Crippen LogP contribution in [0.4, 0.5) is 0 Å². The van der Waals surface area contributed by atoms with Crippen molar-refractivity contribution < 1.29 is 18.6 Å². The fourth-order valence-corrected chi connectivity index (χ4v) is 3.92. The van der Waals surface area contributed by atoms with Crippen LogP contribution in [0.2, 0.25) is 0 Å². The Balaban J connectivity index is 1.26. The number of nitrogens with one attached hydrogen (secondary N) is 2. The third-order valence-corrected chi connectivity index (χ3v) is 5.86. The zero-order chi connectivity index (χ0) is 21.8. The molecule has 0 aliphatic carbocycles. The Morgan fingerprint density at radius 2 is 1.84 bits per heavy atom. The summed E-state index contributed by atoms with van der Waals surface area (Å²) >= 11 is 0. The maximum absolute atomic E-state index is 6.02. The van der Waals surface area contributed by atoms with Gasteiger partial charge in [-0.3, -0.25) is 0 Å². The Morgan fingerprint density at radius 1 is 1.00 bits per heavy atom. The minimum atomic E-state index is 0.266. The van der Waals surface area contributed by atoms with E-state index in [2.05, 4.69) is 34.9 Å². The van der Waals surface area contributed by atoms with Crippen LogP contribution in [-0.2, 0) is 33.8 Å². The predicted molar refractivity (Wildman–Crippen MR) is 124 cm³/mol. The monoisotopic (exact) mass is 441 g/mol. The van der Waals surface area contributed by atoms with Crippen molar-refractivity contribution in [2.75, 3.05) is 32.9 Å². The van der Waals surface area contributed by atoms with Gasteiger partial charge in [0.05, 0.1) is 31.6 Å². The van der Waals surface area contributed by atoms with Gasteiger partial charge in [-0.1, -0.05) is 24.3 Å². The van der Waals surface area contributed by atoms with E-state index >= 15 is 0 Å². The van der Waals surface area contributed by atoms with Crippen molar-refractivity contribution in [3.05, 3.63) is 59.5 Å². The molecule has 2 aromatic rings. The molecule has 32 heavy (non-hydrogen) atoms. The van der Waals surface area contributed by atoms with Gasteiger partial charge >= 0.3 is 0 Å². The molecule has 2 aliphatic rings. The van der Waals surface area contributed by atoms with Crippen LogP contribution in [0.5, 0.6) is 0 Å². The maximum Gasteiger partial charge on any atom is 0.191 e. The highest BCUT2D eigenvalue weighted by molar-refractivity contribution is 5.79. The number of hydrogen-bond donors (Lipinski definition) is 2. The molecule has 4 rings (SSSR count). The molecule has 7 nitrogen and oxygen atoms in total. The van der Waals surface area contributed by atoms with E-state index in [1.807, 2.05) is 12.1 Å². The molecule has 2 N–H and O–H groups in total. The molecule has 2 aliphatic heterocycles. The number of benzene rings is 1. The standard InChI is InChI=1S/C25H35N3O4/c1-3-22(30-13-1)9-12-26-25(28-18-24-4-2-14-31-24)27-17-20-5-7-21(8-6-20)19-32-23-10-15-29-16-11-23/h1,3,5-8,13,23-24H,2,4,9-12,14-19H2,(H2,26,27,28). The number of ether oxygens (including phenoxy) is 3. The van der Waals surface area contributed by atoms with Crippen molar-refractivity contribution in [3.8, 4) is 0 Å². The molecule has 0 saturated carbocycles. The number of hydrogen-bond acceptors (Lipinski definition) is 5. The Hall–Kier alpha value is -2.35. The Bertz CT molecular complexity index is 795. The van der Waals surface area contributed by atoms with Crippen LogP contribution in [-0.4, -0.2) is 51.1 Å². The summed E-state index contributed by atoms with van der Waals surface area (Å²) < 4.78 is 22.6. The van der Waals surface area contributed by atoms with E-state index in [4.69, 9.17) is 23.6 Å². The van der Waals surface area contributed by atoms with Crippen molar-refractivity contribution >= 4 is 5.96 Å². The van der Waals surface area contributed by atoms with Crippen molar-refractivity contribution in [1.29, 1.82) is 0 Å². The Morgan fingerprint density at radius 3 is 2.59 bits per heavy atom. The Labute approximate surface area is 190 Å². The normalized spacial score (nSPS) is 19.9. The molecular formula is C25H35N3O4. The molecule has 3 heterocycles. The van der Waals surface area contributed by atoms with E-state index in [-0.39, 0.29) is 6.10 Å². The number of furan rings is 1. The molecule has 0 bridgehead atoms. The molecule has 1 aromatic heterocycles. The zero-order valence-corrected chi connectivity index (χ0v) is 18.8. The van der Waals surface area contributed by atoms with E-state index in [9.17, 15) is 0 Å². The number of guanidine groups is 1. The van der Waals surface area contributed by atoms with Gasteiger partial charge in [0.1, 0.15) is 5.76 Å². The zero-order valence-electron chi connectivity index (χ0n) is 18.8. The lowest BCUT2D eigenvalue weighted by molar-refractivity contribution is -0.0390. The summed E-state index contributed by atoms with van der Waals surface area (Å²) in [4.78, 5) is 4.79. The molecule has 0 spiro atoms. The predicted octanol–water partition coefficient (Wildman–Crippen LogP) is 3.43. The molecule has 0 radical (unpaired) electrons. The summed E-state index contributed by atoms with van der Waals surface area (Å²) in [7, 11) is 0. The summed E-state index contributed by atoms with van der Waals surface area (Å²) in [5.41, 5.74) is 2.36. The third-order valence-electron chi connectivity index (χ3n) is 5.86.